The minimum absolute atomic E-state index is 0.135. The molecule has 1 fully saturated rings. The molecule has 0 radical (unpaired) electrons. The number of benzene rings is 1. The molecule has 2 rings (SSSR count). The number of amides is 1. The molecule has 2 N–H and O–H groups in total. The summed E-state index contributed by atoms with van der Waals surface area (Å²) in [4.78, 5) is 18.2. The Hall–Kier alpha value is -2.24. The number of aliphatic imine (C=N–C) groups is 1. The van der Waals surface area contributed by atoms with E-state index < -0.39 is 0 Å². The van der Waals surface area contributed by atoms with Gasteiger partial charge in [0.2, 0.25) is 5.91 Å². The molecule has 1 aliphatic heterocycles. The van der Waals surface area contributed by atoms with Gasteiger partial charge in [-0.1, -0.05) is 12.1 Å². The van der Waals surface area contributed by atoms with Crippen LogP contribution in [0.25, 0.3) is 0 Å². The van der Waals surface area contributed by atoms with E-state index >= 15 is 0 Å². The Balaban J connectivity index is 1.80. The molecule has 144 valence electrons. The molecule has 0 atom stereocenters. The number of rotatable bonds is 6. The van der Waals surface area contributed by atoms with Crippen LogP contribution in [0.4, 0.5) is 0 Å². The fraction of sp³-hybridized carbons (Fsp3) is 0.600. The fourth-order valence-electron chi connectivity index (χ4n) is 3.18. The van der Waals surface area contributed by atoms with E-state index in [0.29, 0.717) is 12.3 Å². The van der Waals surface area contributed by atoms with Crippen molar-refractivity contribution >= 4 is 11.9 Å². The van der Waals surface area contributed by atoms with Crippen LogP contribution in [0.5, 0.6) is 5.75 Å². The molecule has 6 nitrogen and oxygen atoms in total. The highest BCUT2D eigenvalue weighted by molar-refractivity contribution is 5.80. The summed E-state index contributed by atoms with van der Waals surface area (Å²) in [6.07, 6.45) is 2.86. The van der Waals surface area contributed by atoms with Crippen molar-refractivity contribution in [2.75, 3.05) is 27.2 Å². The highest BCUT2D eigenvalue weighted by atomic mass is 16.5. The number of nitrogens with zero attached hydrogens (tertiary/aromatic N) is 2. The molecule has 1 aliphatic rings. The fourth-order valence-corrected chi connectivity index (χ4v) is 3.18. The maximum absolute atomic E-state index is 11.5. The molecule has 0 aromatic heterocycles. The first-order valence-electron chi connectivity index (χ1n) is 9.43. The van der Waals surface area contributed by atoms with Crippen LogP contribution in [0.2, 0.25) is 0 Å². The third-order valence-corrected chi connectivity index (χ3v) is 4.62. The minimum atomic E-state index is 0.135. The molecule has 6 heteroatoms. The first-order chi connectivity index (χ1) is 12.5. The molecule has 1 heterocycles. The third-order valence-electron chi connectivity index (χ3n) is 4.62. The van der Waals surface area contributed by atoms with Crippen LogP contribution in [-0.2, 0) is 11.3 Å². The molecule has 1 aromatic rings. The normalized spacial score (nSPS) is 15.9. The predicted molar refractivity (Wildman–Crippen MR) is 105 cm³/mol. The van der Waals surface area contributed by atoms with Crippen LogP contribution in [-0.4, -0.2) is 50.1 Å². The number of carbonyl (C=O) groups is 1. The zero-order valence-corrected chi connectivity index (χ0v) is 16.4. The summed E-state index contributed by atoms with van der Waals surface area (Å²) in [6.45, 7) is 6.65. The smallest absolute Gasteiger partial charge is 0.220 e. The molecule has 1 aromatic carbocycles. The highest BCUT2D eigenvalue weighted by Gasteiger charge is 2.22. The van der Waals surface area contributed by atoms with Crippen molar-refractivity contribution in [1.29, 1.82) is 0 Å². The van der Waals surface area contributed by atoms with Gasteiger partial charge in [-0.2, -0.15) is 0 Å². The van der Waals surface area contributed by atoms with Crippen LogP contribution >= 0.6 is 0 Å². The predicted octanol–water partition coefficient (Wildman–Crippen LogP) is 2.40. The zero-order chi connectivity index (χ0) is 18.9. The van der Waals surface area contributed by atoms with E-state index in [9.17, 15) is 4.79 Å². The number of hydrogen-bond acceptors (Lipinski definition) is 3. The monoisotopic (exact) mass is 360 g/mol. The number of guanidine groups is 1. The van der Waals surface area contributed by atoms with Crippen LogP contribution in [0, 0.1) is 5.92 Å². The van der Waals surface area contributed by atoms with Gasteiger partial charge >= 0.3 is 0 Å². The summed E-state index contributed by atoms with van der Waals surface area (Å²) in [7, 11) is 3.52. The van der Waals surface area contributed by atoms with Gasteiger partial charge in [0.15, 0.2) is 5.96 Å². The summed E-state index contributed by atoms with van der Waals surface area (Å²) in [5.41, 5.74) is 1.19. The Morgan fingerprint density at radius 2 is 1.92 bits per heavy atom. The minimum Gasteiger partial charge on any atom is -0.491 e. The van der Waals surface area contributed by atoms with E-state index in [1.807, 2.05) is 33.0 Å². The second kappa shape index (κ2) is 10.0. The zero-order valence-electron chi connectivity index (χ0n) is 16.4. The van der Waals surface area contributed by atoms with Crippen molar-refractivity contribution < 1.29 is 9.53 Å². The van der Waals surface area contributed by atoms with E-state index in [2.05, 4.69) is 32.7 Å². The summed E-state index contributed by atoms with van der Waals surface area (Å²) in [6, 6.07) is 8.16. The molecule has 1 amide bonds. The Labute approximate surface area is 157 Å². The average molecular weight is 361 g/mol. The Kier molecular flexibility index (Phi) is 7.75. The van der Waals surface area contributed by atoms with Gasteiger partial charge in [0, 0.05) is 40.2 Å². The summed E-state index contributed by atoms with van der Waals surface area (Å²) < 4.78 is 5.68. The van der Waals surface area contributed by atoms with Crippen LogP contribution in [0.1, 0.15) is 38.7 Å². The quantitative estimate of drug-likeness (QED) is 0.604. The number of nitrogens with one attached hydrogen (secondary N) is 2. The lowest BCUT2D eigenvalue weighted by molar-refractivity contribution is -0.121. The summed E-state index contributed by atoms with van der Waals surface area (Å²) in [5.74, 6) is 2.42. The molecule has 0 bridgehead atoms. The van der Waals surface area contributed by atoms with Crippen LogP contribution in [0.3, 0.4) is 0 Å². The van der Waals surface area contributed by atoms with Crippen molar-refractivity contribution in [2.45, 2.75) is 45.8 Å². The molecule has 0 unspecified atom stereocenters. The number of carbonyl (C=O) groups excluding carboxylic acids is 1. The lowest BCUT2D eigenvalue weighted by atomic mass is 9.93. The molecule has 1 saturated heterocycles. The standard InChI is InChI=1S/C20H32N4O2/c1-15(2)26-18-7-5-17(6-8-18)14-23-20(22-4)24-11-9-16(10-12-24)13-19(25)21-3/h5-8,15-16H,9-14H2,1-4H3,(H,21,25)(H,22,23). The molecule has 26 heavy (non-hydrogen) atoms. The van der Waals surface area contributed by atoms with Crippen molar-refractivity contribution in [3.05, 3.63) is 29.8 Å². The number of ether oxygens (including phenoxy) is 1. The van der Waals surface area contributed by atoms with Gasteiger partial charge in [0.05, 0.1) is 6.10 Å². The Morgan fingerprint density at radius 3 is 2.46 bits per heavy atom. The van der Waals surface area contributed by atoms with Gasteiger partial charge in [0.1, 0.15) is 5.75 Å². The molecule has 0 spiro atoms. The third kappa shape index (κ3) is 6.24. The molecular weight excluding hydrogens is 328 g/mol. The first-order valence-corrected chi connectivity index (χ1v) is 9.43. The maximum atomic E-state index is 11.5. The number of likely N-dealkylation sites (tertiary alicyclic amines) is 1. The molecule has 0 aliphatic carbocycles. The van der Waals surface area contributed by atoms with Crippen LogP contribution < -0.4 is 15.4 Å². The van der Waals surface area contributed by atoms with Gasteiger partial charge in [-0.05, 0) is 50.3 Å². The van der Waals surface area contributed by atoms with Gasteiger partial charge in [-0.25, -0.2) is 0 Å². The van der Waals surface area contributed by atoms with Gasteiger partial charge in [-0.3, -0.25) is 9.79 Å². The summed E-state index contributed by atoms with van der Waals surface area (Å²) >= 11 is 0. The van der Waals surface area contributed by atoms with Gasteiger partial charge < -0.3 is 20.3 Å². The second-order valence-corrected chi connectivity index (χ2v) is 7.02. The molecule has 0 saturated carbocycles. The van der Waals surface area contributed by atoms with Crippen molar-refractivity contribution in [3.63, 3.8) is 0 Å². The SMILES string of the molecule is CN=C(NCc1ccc(OC(C)C)cc1)N1CCC(CC(=O)NC)CC1. The Morgan fingerprint density at radius 1 is 1.27 bits per heavy atom. The van der Waals surface area contributed by atoms with Crippen molar-refractivity contribution in [1.82, 2.24) is 15.5 Å². The van der Waals surface area contributed by atoms with Gasteiger partial charge in [0.25, 0.3) is 0 Å². The first kappa shape index (κ1) is 20.1. The van der Waals surface area contributed by atoms with E-state index in [1.54, 1.807) is 7.05 Å². The average Bonchev–Trinajstić information content (AvgIpc) is 2.64. The lowest BCUT2D eigenvalue weighted by Crippen LogP contribution is -2.45. The van der Waals surface area contributed by atoms with Gasteiger partial charge in [-0.15, -0.1) is 0 Å². The van der Waals surface area contributed by atoms with Crippen molar-refractivity contribution in [2.24, 2.45) is 10.9 Å². The topological polar surface area (TPSA) is 66.0 Å². The number of hydrogen-bond donors (Lipinski definition) is 2. The van der Waals surface area contributed by atoms with Crippen molar-refractivity contribution in [3.8, 4) is 5.75 Å². The highest BCUT2D eigenvalue weighted by Crippen LogP contribution is 2.20. The Bertz CT molecular complexity index is 590. The van der Waals surface area contributed by atoms with E-state index in [1.165, 1.54) is 5.56 Å². The van der Waals surface area contributed by atoms with E-state index in [0.717, 1.165) is 44.2 Å². The van der Waals surface area contributed by atoms with Crippen LogP contribution in [0.15, 0.2) is 29.3 Å². The lowest BCUT2D eigenvalue weighted by Gasteiger charge is -2.34. The summed E-state index contributed by atoms with van der Waals surface area (Å²) in [5, 5.41) is 6.15. The maximum Gasteiger partial charge on any atom is 0.220 e. The number of piperidine rings is 1. The molecular formula is C20H32N4O2. The largest absolute Gasteiger partial charge is 0.491 e. The van der Waals surface area contributed by atoms with E-state index in [4.69, 9.17) is 4.74 Å². The van der Waals surface area contributed by atoms with E-state index in [-0.39, 0.29) is 12.0 Å². The second-order valence-electron chi connectivity index (χ2n) is 7.02.